The van der Waals surface area contributed by atoms with E-state index in [1.807, 2.05) is 16.8 Å². The van der Waals surface area contributed by atoms with Gasteiger partial charge in [0, 0.05) is 28.4 Å². The largest absolute Gasteiger partial charge is 0.455 e. The summed E-state index contributed by atoms with van der Waals surface area (Å²) in [6.45, 7) is -0.367. The highest BCUT2D eigenvalue weighted by atomic mass is 32.1. The second kappa shape index (κ2) is 8.68. The van der Waals surface area contributed by atoms with Gasteiger partial charge in [0.15, 0.2) is 6.61 Å². The van der Waals surface area contributed by atoms with Crippen molar-refractivity contribution in [3.8, 4) is 10.6 Å². The van der Waals surface area contributed by atoms with Crippen molar-refractivity contribution < 1.29 is 18.7 Å². The molecule has 5 nitrogen and oxygen atoms in total. The molecule has 26 heavy (non-hydrogen) atoms. The summed E-state index contributed by atoms with van der Waals surface area (Å²) in [4.78, 5) is 28.0. The molecular formula is C18H15FN2O3S2. The fourth-order valence-electron chi connectivity index (χ4n) is 2.14. The van der Waals surface area contributed by atoms with Crippen molar-refractivity contribution in [3.63, 3.8) is 0 Å². The van der Waals surface area contributed by atoms with Crippen molar-refractivity contribution in [2.45, 2.75) is 13.0 Å². The smallest absolute Gasteiger partial charge is 0.312 e. The third kappa shape index (κ3) is 4.96. The van der Waals surface area contributed by atoms with E-state index in [0.29, 0.717) is 11.3 Å². The van der Waals surface area contributed by atoms with Crippen LogP contribution in [0.1, 0.15) is 11.3 Å². The molecule has 0 bridgehead atoms. The molecule has 1 aromatic carbocycles. The standard InChI is InChI=1S/C18H15FN2O3S2/c19-15-4-2-1-3-12(15)8-20-16(22)9-24-17(23)7-14-11-26-18(21-14)13-5-6-25-10-13/h1-6,10-11H,7-9H2,(H,20,22). The molecule has 2 heterocycles. The van der Waals surface area contributed by atoms with Gasteiger partial charge in [0.1, 0.15) is 10.8 Å². The van der Waals surface area contributed by atoms with E-state index >= 15 is 0 Å². The Bertz CT molecular complexity index is 893. The number of hydrogen-bond donors (Lipinski definition) is 1. The van der Waals surface area contributed by atoms with Crippen molar-refractivity contribution in [2.75, 3.05) is 6.61 Å². The fraction of sp³-hybridized carbons (Fsp3) is 0.167. The van der Waals surface area contributed by atoms with Gasteiger partial charge in [0.25, 0.3) is 5.91 Å². The fourth-order valence-corrected chi connectivity index (χ4v) is 3.67. The Morgan fingerprint density at radius 3 is 2.81 bits per heavy atom. The first kappa shape index (κ1) is 18.2. The van der Waals surface area contributed by atoms with Crippen LogP contribution in [0.15, 0.2) is 46.5 Å². The van der Waals surface area contributed by atoms with Gasteiger partial charge in [-0.1, -0.05) is 18.2 Å². The molecule has 0 saturated heterocycles. The summed E-state index contributed by atoms with van der Waals surface area (Å²) in [5.41, 5.74) is 2.00. The molecule has 2 aromatic heterocycles. The van der Waals surface area contributed by atoms with Gasteiger partial charge in [0.2, 0.25) is 0 Å². The highest BCUT2D eigenvalue weighted by molar-refractivity contribution is 7.14. The number of halogens is 1. The van der Waals surface area contributed by atoms with Gasteiger partial charge in [-0.2, -0.15) is 11.3 Å². The molecule has 0 aliphatic carbocycles. The van der Waals surface area contributed by atoms with Gasteiger partial charge >= 0.3 is 5.97 Å². The van der Waals surface area contributed by atoms with Crippen molar-refractivity contribution >= 4 is 34.6 Å². The zero-order valence-electron chi connectivity index (χ0n) is 13.6. The summed E-state index contributed by atoms with van der Waals surface area (Å²) < 4.78 is 18.4. The van der Waals surface area contributed by atoms with E-state index in [-0.39, 0.29) is 13.0 Å². The zero-order valence-corrected chi connectivity index (χ0v) is 15.2. The van der Waals surface area contributed by atoms with Crippen LogP contribution in [-0.2, 0) is 27.3 Å². The Morgan fingerprint density at radius 2 is 2.04 bits per heavy atom. The summed E-state index contributed by atoms with van der Waals surface area (Å²) in [6.07, 6.45) is 0.00122. The lowest BCUT2D eigenvalue weighted by Crippen LogP contribution is -2.29. The zero-order chi connectivity index (χ0) is 18.4. The molecule has 0 aliphatic rings. The molecule has 3 rings (SSSR count). The topological polar surface area (TPSA) is 68.3 Å². The van der Waals surface area contributed by atoms with Gasteiger partial charge in [-0.3, -0.25) is 9.59 Å². The van der Waals surface area contributed by atoms with E-state index in [2.05, 4.69) is 10.3 Å². The minimum atomic E-state index is -0.534. The highest BCUT2D eigenvalue weighted by Crippen LogP contribution is 2.25. The maximum Gasteiger partial charge on any atom is 0.312 e. The first-order valence-corrected chi connectivity index (χ1v) is 9.57. The second-order valence-electron chi connectivity index (χ2n) is 5.36. The van der Waals surface area contributed by atoms with E-state index in [0.717, 1.165) is 10.6 Å². The predicted octanol–water partition coefficient (Wildman–Crippen LogP) is 3.41. The highest BCUT2D eigenvalue weighted by Gasteiger charge is 2.12. The number of thiophene rings is 1. The SMILES string of the molecule is O=C(COC(=O)Cc1csc(-c2ccsc2)n1)NCc1ccccc1F. The quantitative estimate of drug-likeness (QED) is 0.628. The molecule has 0 fully saturated rings. The van der Waals surface area contributed by atoms with E-state index in [1.54, 1.807) is 34.9 Å². The second-order valence-corrected chi connectivity index (χ2v) is 7.00. The average molecular weight is 390 g/mol. The van der Waals surface area contributed by atoms with Crippen LogP contribution >= 0.6 is 22.7 Å². The van der Waals surface area contributed by atoms with E-state index in [1.165, 1.54) is 17.4 Å². The van der Waals surface area contributed by atoms with Crippen LogP contribution in [0.25, 0.3) is 10.6 Å². The Labute approximate surface area is 157 Å². The number of nitrogens with one attached hydrogen (secondary N) is 1. The number of benzene rings is 1. The lowest BCUT2D eigenvalue weighted by Gasteiger charge is -2.07. The van der Waals surface area contributed by atoms with Crippen molar-refractivity contribution in [1.82, 2.24) is 10.3 Å². The Kier molecular flexibility index (Phi) is 6.08. The number of esters is 1. The monoisotopic (exact) mass is 390 g/mol. The number of hydrogen-bond acceptors (Lipinski definition) is 6. The molecule has 1 N–H and O–H groups in total. The number of carbonyl (C=O) groups is 2. The van der Waals surface area contributed by atoms with Crippen LogP contribution in [0.4, 0.5) is 4.39 Å². The Morgan fingerprint density at radius 1 is 1.19 bits per heavy atom. The molecule has 0 radical (unpaired) electrons. The molecule has 0 spiro atoms. The maximum absolute atomic E-state index is 13.5. The van der Waals surface area contributed by atoms with Crippen LogP contribution in [0, 0.1) is 5.82 Å². The van der Waals surface area contributed by atoms with Gasteiger partial charge in [0.05, 0.1) is 12.1 Å². The molecule has 8 heteroatoms. The minimum Gasteiger partial charge on any atom is -0.455 e. The summed E-state index contributed by atoms with van der Waals surface area (Å²) >= 11 is 3.03. The van der Waals surface area contributed by atoms with E-state index in [9.17, 15) is 14.0 Å². The number of carbonyl (C=O) groups excluding carboxylic acids is 2. The Balaban J connectivity index is 1.42. The molecular weight excluding hydrogens is 375 g/mol. The molecule has 3 aromatic rings. The van der Waals surface area contributed by atoms with Gasteiger partial charge in [-0.05, 0) is 17.5 Å². The van der Waals surface area contributed by atoms with Gasteiger partial charge < -0.3 is 10.1 Å². The number of aromatic nitrogens is 1. The molecule has 1 amide bonds. The summed E-state index contributed by atoms with van der Waals surface area (Å²) in [7, 11) is 0. The average Bonchev–Trinajstić information content (AvgIpc) is 3.30. The Hall–Kier alpha value is -2.58. The third-order valence-electron chi connectivity index (χ3n) is 3.44. The lowest BCUT2D eigenvalue weighted by atomic mass is 10.2. The van der Waals surface area contributed by atoms with Crippen molar-refractivity contribution in [1.29, 1.82) is 0 Å². The van der Waals surface area contributed by atoms with Crippen molar-refractivity contribution in [2.24, 2.45) is 0 Å². The van der Waals surface area contributed by atoms with E-state index in [4.69, 9.17) is 4.74 Å². The molecule has 134 valence electrons. The summed E-state index contributed by atoms with van der Waals surface area (Å²) in [6, 6.07) is 8.12. The number of rotatable bonds is 7. The van der Waals surface area contributed by atoms with Crippen LogP contribution in [0.2, 0.25) is 0 Å². The van der Waals surface area contributed by atoms with Gasteiger partial charge in [-0.15, -0.1) is 11.3 Å². The number of ether oxygens (including phenoxy) is 1. The van der Waals surface area contributed by atoms with Crippen LogP contribution in [0.5, 0.6) is 0 Å². The maximum atomic E-state index is 13.5. The minimum absolute atomic E-state index is 0.00122. The van der Waals surface area contributed by atoms with Crippen LogP contribution in [0.3, 0.4) is 0 Å². The molecule has 0 aliphatic heterocycles. The summed E-state index contributed by atoms with van der Waals surface area (Å²) in [5, 5.41) is 9.11. The molecule has 0 unspecified atom stereocenters. The first-order chi connectivity index (χ1) is 12.6. The predicted molar refractivity (Wildman–Crippen MR) is 98.3 cm³/mol. The number of thiazole rings is 1. The normalized spacial score (nSPS) is 10.5. The van der Waals surface area contributed by atoms with Crippen LogP contribution < -0.4 is 5.32 Å². The van der Waals surface area contributed by atoms with E-state index < -0.39 is 24.3 Å². The number of amides is 1. The van der Waals surface area contributed by atoms with Crippen LogP contribution in [-0.4, -0.2) is 23.5 Å². The molecule has 0 atom stereocenters. The third-order valence-corrected chi connectivity index (χ3v) is 5.07. The first-order valence-electron chi connectivity index (χ1n) is 7.74. The van der Waals surface area contributed by atoms with Crippen molar-refractivity contribution in [3.05, 3.63) is 63.5 Å². The number of nitrogens with zero attached hydrogens (tertiary/aromatic N) is 1. The molecule has 0 saturated carbocycles. The summed E-state index contributed by atoms with van der Waals surface area (Å²) in [5.74, 6) is -1.41. The van der Waals surface area contributed by atoms with Gasteiger partial charge in [-0.25, -0.2) is 9.37 Å². The lowest BCUT2D eigenvalue weighted by molar-refractivity contribution is -0.147.